The summed E-state index contributed by atoms with van der Waals surface area (Å²) in [5, 5.41) is 19.4. The van der Waals surface area contributed by atoms with E-state index >= 15 is 0 Å². The van der Waals surface area contributed by atoms with Crippen molar-refractivity contribution in [2.45, 2.75) is 30.2 Å². The zero-order chi connectivity index (χ0) is 18.3. The second kappa shape index (κ2) is 6.19. The molecule has 1 aromatic heterocycles. The topological polar surface area (TPSA) is 125 Å². The third-order valence-corrected chi connectivity index (χ3v) is 6.12. The van der Waals surface area contributed by atoms with E-state index < -0.39 is 16.0 Å². The molecule has 4 rings (SSSR count). The van der Waals surface area contributed by atoms with Gasteiger partial charge in [-0.2, -0.15) is 15.4 Å². The summed E-state index contributed by atoms with van der Waals surface area (Å²) in [6.07, 6.45) is 1.77. The molecule has 2 aromatic carbocycles. The number of fused-ring (bicyclic) bond motifs is 2. The summed E-state index contributed by atoms with van der Waals surface area (Å²) >= 11 is 0. The lowest BCUT2D eigenvalue weighted by molar-refractivity contribution is 0.0696. The van der Waals surface area contributed by atoms with Crippen LogP contribution in [0.1, 0.15) is 27.9 Å². The summed E-state index contributed by atoms with van der Waals surface area (Å²) in [7, 11) is -3.68. The SMILES string of the molecule is O=C(O)c1ccc2c(c1)CCC(NS(=O)(=O)c1ccc3n[nH]nc3c1)C2. The minimum atomic E-state index is -3.68. The van der Waals surface area contributed by atoms with Crippen LogP contribution in [0.5, 0.6) is 0 Å². The molecule has 0 saturated carbocycles. The number of aromatic nitrogens is 3. The Morgan fingerprint density at radius 1 is 1.12 bits per heavy atom. The summed E-state index contributed by atoms with van der Waals surface area (Å²) in [6, 6.07) is 9.34. The van der Waals surface area contributed by atoms with E-state index in [0.29, 0.717) is 30.3 Å². The number of aryl methyl sites for hydroxylation is 1. The summed E-state index contributed by atoms with van der Waals surface area (Å²) in [6.45, 7) is 0. The number of hydrogen-bond donors (Lipinski definition) is 3. The van der Waals surface area contributed by atoms with Gasteiger partial charge in [-0.3, -0.25) is 0 Å². The minimum absolute atomic E-state index is 0.144. The van der Waals surface area contributed by atoms with Gasteiger partial charge in [0.2, 0.25) is 10.0 Å². The van der Waals surface area contributed by atoms with Crippen molar-refractivity contribution in [1.82, 2.24) is 20.1 Å². The Kier molecular flexibility index (Phi) is 3.97. The highest BCUT2D eigenvalue weighted by Gasteiger charge is 2.25. The number of carboxylic acids is 1. The standard InChI is InChI=1S/C17H16N4O4S/c22-17(23)12-2-1-11-8-13(4-3-10(11)7-12)20-26(24,25)14-5-6-15-16(9-14)19-21-18-15/h1-2,5-7,9,13,20H,3-4,8H2,(H,22,23)(H,18,19,21). The highest BCUT2D eigenvalue weighted by Crippen LogP contribution is 2.24. The number of nitrogens with one attached hydrogen (secondary N) is 2. The Balaban J connectivity index is 1.54. The summed E-state index contributed by atoms with van der Waals surface area (Å²) in [5.41, 5.74) is 3.28. The normalized spacial score (nSPS) is 17.2. The molecule has 1 aliphatic carbocycles. The number of aromatic carboxylic acids is 1. The quantitative estimate of drug-likeness (QED) is 0.637. The van der Waals surface area contributed by atoms with Gasteiger partial charge in [0.15, 0.2) is 0 Å². The monoisotopic (exact) mass is 372 g/mol. The van der Waals surface area contributed by atoms with Crippen molar-refractivity contribution in [2.75, 3.05) is 0 Å². The molecule has 1 aliphatic rings. The lowest BCUT2D eigenvalue weighted by atomic mass is 9.88. The van der Waals surface area contributed by atoms with Crippen LogP contribution in [0.25, 0.3) is 11.0 Å². The van der Waals surface area contributed by atoms with Gasteiger partial charge < -0.3 is 5.11 Å². The van der Waals surface area contributed by atoms with Gasteiger partial charge in [-0.25, -0.2) is 17.9 Å². The van der Waals surface area contributed by atoms with Crippen LogP contribution in [0.2, 0.25) is 0 Å². The van der Waals surface area contributed by atoms with E-state index in [2.05, 4.69) is 20.1 Å². The first-order valence-electron chi connectivity index (χ1n) is 8.10. The van der Waals surface area contributed by atoms with Crippen LogP contribution in [0.3, 0.4) is 0 Å². The zero-order valence-electron chi connectivity index (χ0n) is 13.6. The highest BCUT2D eigenvalue weighted by atomic mass is 32.2. The zero-order valence-corrected chi connectivity index (χ0v) is 14.5. The second-order valence-electron chi connectivity index (χ2n) is 6.32. The second-order valence-corrected chi connectivity index (χ2v) is 8.04. The first-order chi connectivity index (χ1) is 12.4. The maximum absolute atomic E-state index is 12.7. The van der Waals surface area contributed by atoms with E-state index in [1.807, 2.05) is 0 Å². The smallest absolute Gasteiger partial charge is 0.335 e. The lowest BCUT2D eigenvalue weighted by Crippen LogP contribution is -2.38. The van der Waals surface area contributed by atoms with Gasteiger partial charge in [0.25, 0.3) is 0 Å². The van der Waals surface area contributed by atoms with Crippen molar-refractivity contribution in [2.24, 2.45) is 0 Å². The van der Waals surface area contributed by atoms with Crippen molar-refractivity contribution >= 4 is 27.0 Å². The van der Waals surface area contributed by atoms with Crippen molar-refractivity contribution in [1.29, 1.82) is 0 Å². The predicted octanol–water partition coefficient (Wildman–Crippen LogP) is 1.49. The summed E-state index contributed by atoms with van der Waals surface area (Å²) < 4.78 is 28.1. The van der Waals surface area contributed by atoms with Gasteiger partial charge in [0.05, 0.1) is 10.5 Å². The number of H-pyrrole nitrogens is 1. The van der Waals surface area contributed by atoms with E-state index in [-0.39, 0.29) is 16.5 Å². The van der Waals surface area contributed by atoms with Crippen LogP contribution < -0.4 is 4.72 Å². The molecule has 0 aliphatic heterocycles. The van der Waals surface area contributed by atoms with Crippen LogP contribution in [0.4, 0.5) is 0 Å². The molecule has 0 bridgehead atoms. The molecular weight excluding hydrogens is 356 g/mol. The number of carboxylic acid groups (broad SMARTS) is 1. The lowest BCUT2D eigenvalue weighted by Gasteiger charge is -2.25. The summed E-state index contributed by atoms with van der Waals surface area (Å²) in [5.74, 6) is -0.959. The van der Waals surface area contributed by atoms with Gasteiger partial charge in [0.1, 0.15) is 11.0 Å². The Morgan fingerprint density at radius 3 is 2.73 bits per heavy atom. The maximum Gasteiger partial charge on any atom is 0.335 e. The molecule has 1 unspecified atom stereocenters. The average molecular weight is 372 g/mol. The van der Waals surface area contributed by atoms with E-state index in [1.54, 1.807) is 24.3 Å². The van der Waals surface area contributed by atoms with Crippen molar-refractivity contribution in [3.63, 3.8) is 0 Å². The number of sulfonamides is 1. The number of rotatable bonds is 4. The predicted molar refractivity (Wildman–Crippen MR) is 93.4 cm³/mol. The molecule has 0 amide bonds. The van der Waals surface area contributed by atoms with Crippen LogP contribution in [-0.4, -0.2) is 40.9 Å². The molecule has 0 saturated heterocycles. The van der Waals surface area contributed by atoms with Crippen molar-refractivity contribution < 1.29 is 18.3 Å². The molecule has 9 heteroatoms. The van der Waals surface area contributed by atoms with Crippen LogP contribution >= 0.6 is 0 Å². The van der Waals surface area contributed by atoms with Gasteiger partial charge >= 0.3 is 5.97 Å². The Bertz CT molecular complexity index is 1110. The first-order valence-corrected chi connectivity index (χ1v) is 9.59. The maximum atomic E-state index is 12.7. The fourth-order valence-electron chi connectivity index (χ4n) is 3.26. The number of aromatic amines is 1. The van der Waals surface area contributed by atoms with Crippen LogP contribution in [-0.2, 0) is 22.9 Å². The fourth-order valence-corrected chi connectivity index (χ4v) is 4.55. The molecule has 1 atom stereocenters. The third kappa shape index (κ3) is 3.06. The fraction of sp³-hybridized carbons (Fsp3) is 0.235. The Morgan fingerprint density at radius 2 is 1.92 bits per heavy atom. The molecule has 3 N–H and O–H groups in total. The first kappa shape index (κ1) is 16.7. The molecule has 0 spiro atoms. The Hall–Kier alpha value is -2.78. The van der Waals surface area contributed by atoms with Crippen molar-refractivity contribution in [3.05, 3.63) is 53.1 Å². The Labute approximate surface area is 149 Å². The van der Waals surface area contributed by atoms with E-state index in [4.69, 9.17) is 5.11 Å². The molecular formula is C17H16N4O4S. The number of carbonyl (C=O) groups is 1. The van der Waals surface area contributed by atoms with Gasteiger partial charge in [0, 0.05) is 6.04 Å². The van der Waals surface area contributed by atoms with Gasteiger partial charge in [-0.1, -0.05) is 6.07 Å². The molecule has 26 heavy (non-hydrogen) atoms. The number of benzene rings is 2. The highest BCUT2D eigenvalue weighted by molar-refractivity contribution is 7.89. The van der Waals surface area contributed by atoms with Crippen molar-refractivity contribution in [3.8, 4) is 0 Å². The van der Waals surface area contributed by atoms with Crippen LogP contribution in [0, 0.1) is 0 Å². The van der Waals surface area contributed by atoms with Crippen LogP contribution in [0.15, 0.2) is 41.3 Å². The largest absolute Gasteiger partial charge is 0.478 e. The van der Waals surface area contributed by atoms with E-state index in [0.717, 1.165) is 11.1 Å². The third-order valence-electron chi connectivity index (χ3n) is 4.60. The number of nitrogens with zero attached hydrogens (tertiary/aromatic N) is 2. The van der Waals surface area contributed by atoms with Gasteiger partial charge in [-0.15, -0.1) is 0 Å². The molecule has 0 fully saturated rings. The number of hydrogen-bond acceptors (Lipinski definition) is 5. The van der Waals surface area contributed by atoms with E-state index in [9.17, 15) is 13.2 Å². The minimum Gasteiger partial charge on any atom is -0.478 e. The molecule has 0 radical (unpaired) electrons. The summed E-state index contributed by atoms with van der Waals surface area (Å²) in [4.78, 5) is 11.2. The average Bonchev–Trinajstić information content (AvgIpc) is 3.08. The molecule has 1 heterocycles. The molecule has 3 aromatic rings. The molecule has 8 nitrogen and oxygen atoms in total. The van der Waals surface area contributed by atoms with Gasteiger partial charge in [-0.05, 0) is 60.7 Å². The molecule has 134 valence electrons. The van der Waals surface area contributed by atoms with E-state index in [1.165, 1.54) is 12.1 Å².